The highest BCUT2D eigenvalue weighted by atomic mass is 32.3. The van der Waals surface area contributed by atoms with Crippen LogP contribution < -0.4 is 0 Å². The van der Waals surface area contributed by atoms with Crippen molar-refractivity contribution in [1.29, 1.82) is 0 Å². The van der Waals surface area contributed by atoms with Crippen LogP contribution in [0.3, 0.4) is 0 Å². The van der Waals surface area contributed by atoms with Gasteiger partial charge in [-0.05, 0) is 0 Å². The minimum Gasteiger partial charge on any atom is -0.264 e. The Kier molecular flexibility index (Phi) is 0.901. The van der Waals surface area contributed by atoms with Gasteiger partial charge in [0.2, 0.25) is 0 Å². The molecule has 0 unspecified atom stereocenters. The molecule has 0 heterocycles. The van der Waals surface area contributed by atoms with Crippen LogP contribution in [-0.2, 0) is 10.4 Å². The lowest BCUT2D eigenvalue weighted by molar-refractivity contribution is 0.381. The van der Waals surface area contributed by atoms with Crippen LogP contribution in [0.25, 0.3) is 0 Å². The van der Waals surface area contributed by atoms with E-state index in [1.807, 2.05) is 0 Å². The van der Waals surface area contributed by atoms with Crippen molar-refractivity contribution in [2.45, 2.75) is 0 Å². The molecule has 0 aromatic rings. The maximum Gasteiger partial charge on any atom is 0.394 e. The van der Waals surface area contributed by atoms with Crippen LogP contribution in [-0.4, -0.2) is 17.5 Å². The summed E-state index contributed by atoms with van der Waals surface area (Å²) in [6.07, 6.45) is 0. The fraction of sp³-hybridized carbons (Fsp3) is 0. The van der Waals surface area contributed by atoms with Crippen LogP contribution in [0, 0.1) is 0 Å². The summed E-state index contributed by atoms with van der Waals surface area (Å²) in [6.45, 7) is 0. The topological polar surface area (TPSA) is 74.6 Å². The van der Waals surface area contributed by atoms with Crippen LogP contribution in [0.2, 0.25) is 0 Å². The zero-order chi connectivity index (χ0) is 4.50. The van der Waals surface area contributed by atoms with Gasteiger partial charge < -0.3 is 0 Å². The van der Waals surface area contributed by atoms with Gasteiger partial charge >= 0.3 is 10.4 Å². The van der Waals surface area contributed by atoms with Gasteiger partial charge in [0.1, 0.15) is 0 Å². The van der Waals surface area contributed by atoms with Crippen molar-refractivity contribution in [3.63, 3.8) is 0 Å². The zero-order valence-corrected chi connectivity index (χ0v) is 2.94. The Bertz CT molecular complexity index is 90.7. The van der Waals surface area contributed by atoms with E-state index in [2.05, 4.69) is 0 Å². The van der Waals surface area contributed by atoms with Crippen molar-refractivity contribution in [3.05, 3.63) is 0 Å². The Morgan fingerprint density at radius 1 is 1.40 bits per heavy atom. The molecule has 0 rings (SSSR count). The Hall–Kier alpha value is -0.130. The van der Waals surface area contributed by atoms with E-state index in [4.69, 9.17) is 17.5 Å². The summed E-state index contributed by atoms with van der Waals surface area (Å²) >= 11 is 0. The van der Waals surface area contributed by atoms with E-state index in [9.17, 15) is 0 Å². The van der Waals surface area contributed by atoms with E-state index in [1.165, 1.54) is 0 Å². The summed E-state index contributed by atoms with van der Waals surface area (Å²) in [5.41, 5.74) is 0. The molecule has 0 aromatic heterocycles. The van der Waals surface area contributed by atoms with Crippen LogP contribution in [0.5, 0.6) is 0 Å². The molecule has 5 heavy (non-hydrogen) atoms. The molecule has 34 valence electrons. The molecule has 5 heteroatoms. The summed E-state index contributed by atoms with van der Waals surface area (Å²) in [5, 5.41) is 0. The van der Waals surface area contributed by atoms with Gasteiger partial charge in [-0.1, -0.05) is 0 Å². The van der Waals surface area contributed by atoms with Crippen LogP contribution in [0.1, 0.15) is 1.43 Å². The molecule has 2 N–H and O–H groups in total. The van der Waals surface area contributed by atoms with Gasteiger partial charge in [0.05, 0.1) is 0 Å². The monoisotopic (exact) mass is 102 g/mol. The molecule has 0 amide bonds. The van der Waals surface area contributed by atoms with Gasteiger partial charge in [-0.25, -0.2) is 0 Å². The summed E-state index contributed by atoms with van der Waals surface area (Å²) in [6, 6.07) is 0. The number of hydrogen-bond acceptors (Lipinski definition) is 2. The second-order valence-electron chi connectivity index (χ2n) is 0.448. The third-order valence-corrected chi connectivity index (χ3v) is 0. The Labute approximate surface area is 30.5 Å². The lowest BCUT2D eigenvalue weighted by atomic mass is 15.8. The summed E-state index contributed by atoms with van der Waals surface area (Å²) in [5.74, 6) is 0. The zero-order valence-electron chi connectivity index (χ0n) is 2.12. The minimum atomic E-state index is -4.67. The maximum absolute atomic E-state index is 8.74. The van der Waals surface area contributed by atoms with Crippen molar-refractivity contribution in [2.24, 2.45) is 0 Å². The summed E-state index contributed by atoms with van der Waals surface area (Å²) < 4.78 is 31.6. The predicted molar refractivity (Wildman–Crippen MR) is 16.3 cm³/mol. The van der Waals surface area contributed by atoms with Crippen LogP contribution in [0.4, 0.5) is 0 Å². The molecule has 0 radical (unpaired) electrons. The SMILES string of the molecule is O=S(=O)(O)O.[3HH]. The van der Waals surface area contributed by atoms with Crippen molar-refractivity contribution in [3.8, 4) is 0 Å². The first-order valence-corrected chi connectivity index (χ1v) is 2.10. The predicted octanol–water partition coefficient (Wildman–Crippen LogP) is -0.407. The molecule has 0 aliphatic heterocycles. The third kappa shape index (κ3) is 801. The van der Waals surface area contributed by atoms with Gasteiger partial charge in [0.25, 0.3) is 0 Å². The average molecular weight is 102 g/mol. The minimum absolute atomic E-state index is 0. The standard InChI is InChI=1S/H2O4S.H2/c1-5(2,3)4;/h(H2,1,2,3,4);1H/i;1+2. The molecule has 0 saturated heterocycles. The molecular formula is H4O4S. The molecule has 0 aliphatic rings. The van der Waals surface area contributed by atoms with Crippen molar-refractivity contribution in [2.75, 3.05) is 0 Å². The van der Waals surface area contributed by atoms with E-state index >= 15 is 0 Å². The first kappa shape index (κ1) is 4.87. The Balaban J connectivity index is 0. The molecule has 0 spiro atoms. The molecule has 0 bridgehead atoms. The molecular weight excluding hydrogens is 96.1 g/mol. The molecule has 4 nitrogen and oxygen atoms in total. The van der Waals surface area contributed by atoms with Crippen molar-refractivity contribution in [1.82, 2.24) is 0 Å². The normalized spacial score (nSPS) is 11.6. The van der Waals surface area contributed by atoms with E-state index in [0.29, 0.717) is 0 Å². The fourth-order valence-corrected chi connectivity index (χ4v) is 0. The summed E-state index contributed by atoms with van der Waals surface area (Å²) in [7, 11) is -4.67. The maximum atomic E-state index is 8.74. The molecule has 0 saturated carbocycles. The largest absolute Gasteiger partial charge is 0.394 e. The molecule has 0 atom stereocenters. The number of rotatable bonds is 0. The van der Waals surface area contributed by atoms with Crippen LogP contribution in [0.15, 0.2) is 0 Å². The van der Waals surface area contributed by atoms with Gasteiger partial charge in [0.15, 0.2) is 0 Å². The lowest BCUT2D eigenvalue weighted by Crippen LogP contribution is -1.89. The highest BCUT2D eigenvalue weighted by Crippen LogP contribution is 1.59. The second-order valence-corrected chi connectivity index (χ2v) is 1.34. The molecule has 0 aliphatic carbocycles. The molecule has 0 fully saturated rings. The first-order valence-electron chi connectivity index (χ1n) is 0.698. The van der Waals surface area contributed by atoms with E-state index in [1.54, 1.807) is 0 Å². The van der Waals surface area contributed by atoms with Gasteiger partial charge in [-0.15, -0.1) is 0 Å². The highest BCUT2D eigenvalue weighted by Gasteiger charge is 1.84. The van der Waals surface area contributed by atoms with E-state index in [-0.39, 0.29) is 1.43 Å². The molecule has 0 aromatic carbocycles. The van der Waals surface area contributed by atoms with Gasteiger partial charge in [0, 0.05) is 1.43 Å². The third-order valence-electron chi connectivity index (χ3n) is 0. The second kappa shape index (κ2) is 0.925. The van der Waals surface area contributed by atoms with Crippen LogP contribution >= 0.6 is 0 Å². The smallest absolute Gasteiger partial charge is 0.264 e. The fourth-order valence-electron chi connectivity index (χ4n) is 0. The highest BCUT2D eigenvalue weighted by molar-refractivity contribution is 7.79. The summed E-state index contributed by atoms with van der Waals surface area (Å²) in [4.78, 5) is 0. The van der Waals surface area contributed by atoms with E-state index < -0.39 is 10.4 Å². The lowest BCUT2D eigenvalue weighted by Gasteiger charge is -1.68. The van der Waals surface area contributed by atoms with E-state index in [0.717, 1.165) is 0 Å². The van der Waals surface area contributed by atoms with Gasteiger partial charge in [-0.2, -0.15) is 8.42 Å². The quantitative estimate of drug-likeness (QED) is 0.408. The first-order chi connectivity index (χ1) is 2.00. The Morgan fingerprint density at radius 3 is 1.40 bits per heavy atom. The van der Waals surface area contributed by atoms with Crippen molar-refractivity contribution >= 4 is 10.4 Å². The van der Waals surface area contributed by atoms with Crippen molar-refractivity contribution < 1.29 is 18.9 Å². The Morgan fingerprint density at radius 2 is 1.40 bits per heavy atom. The average Bonchev–Trinajstić information content (AvgIpc) is 0.722. The number of hydrogen-bond donors (Lipinski definition) is 2. The van der Waals surface area contributed by atoms with Gasteiger partial charge in [-0.3, -0.25) is 9.11 Å².